The number of hydrogen-bond acceptors (Lipinski definition) is 7. The van der Waals surface area contributed by atoms with Crippen LogP contribution in [-0.4, -0.2) is 44.0 Å². The predicted octanol–water partition coefficient (Wildman–Crippen LogP) is 11.9. The molecule has 10 aromatic rings. The first-order chi connectivity index (χ1) is 29.6. The van der Waals surface area contributed by atoms with Crippen molar-refractivity contribution in [2.45, 2.75) is 40.0 Å². The van der Waals surface area contributed by atoms with E-state index >= 15 is 0 Å². The number of aromatic nitrogens is 9. The summed E-state index contributed by atoms with van der Waals surface area (Å²) in [5.41, 5.74) is 0.931. The summed E-state index contributed by atoms with van der Waals surface area (Å²) >= 11 is 0. The van der Waals surface area contributed by atoms with Crippen LogP contribution < -0.4 is 0 Å². The molecule has 0 aliphatic rings. The Hall–Kier alpha value is -7.55. The highest BCUT2D eigenvalue weighted by Crippen LogP contribution is 2.42. The van der Waals surface area contributed by atoms with Gasteiger partial charge in [-0.1, -0.05) is 60.7 Å². The van der Waals surface area contributed by atoms with Gasteiger partial charge in [0.2, 0.25) is 0 Å². The molecule has 0 amide bonds. The second-order valence-electron chi connectivity index (χ2n) is 15.0. The molecular weight excluding hydrogens is 805 g/mol. The molecule has 5 aromatic heterocycles. The Morgan fingerprint density at radius 1 is 0.355 bits per heavy atom. The first-order valence-corrected chi connectivity index (χ1v) is 19.4. The Balaban J connectivity index is 1.32. The maximum Gasteiger partial charge on any atom is 0.416 e. The second-order valence-corrected chi connectivity index (χ2v) is 15.0. The van der Waals surface area contributed by atoms with E-state index in [1.54, 1.807) is 27.7 Å². The van der Waals surface area contributed by atoms with Crippen LogP contribution in [0.25, 0.3) is 89.2 Å². The van der Waals surface area contributed by atoms with Crippen LogP contribution in [0.15, 0.2) is 115 Å². The summed E-state index contributed by atoms with van der Waals surface area (Å²) < 4.78 is 90.1. The van der Waals surface area contributed by atoms with Crippen LogP contribution in [0.4, 0.5) is 26.3 Å². The Labute approximate surface area is 348 Å². The van der Waals surface area contributed by atoms with Gasteiger partial charge in [-0.05, 0) is 93.4 Å². The maximum absolute atomic E-state index is 14.4. The molecule has 15 heteroatoms. The summed E-state index contributed by atoms with van der Waals surface area (Å²) in [7, 11) is 0. The molecule has 0 radical (unpaired) electrons. The van der Waals surface area contributed by atoms with Gasteiger partial charge in [-0.2, -0.15) is 26.3 Å². The fraction of sp³-hybridized carbons (Fsp3) is 0.128. The lowest BCUT2D eigenvalue weighted by atomic mass is 9.99. The van der Waals surface area contributed by atoms with Gasteiger partial charge >= 0.3 is 12.4 Å². The third kappa shape index (κ3) is 6.65. The molecule has 0 saturated carbocycles. The molecule has 0 fully saturated rings. The molecular formula is C47H31F6N9. The number of pyridine rings is 1. The normalized spacial score (nSPS) is 12.4. The van der Waals surface area contributed by atoms with Gasteiger partial charge < -0.3 is 0 Å². The zero-order valence-corrected chi connectivity index (χ0v) is 33.3. The van der Waals surface area contributed by atoms with Crippen molar-refractivity contribution in [3.63, 3.8) is 0 Å². The zero-order chi connectivity index (χ0) is 43.2. The molecule has 0 bridgehead atoms. The molecule has 5 aromatic carbocycles. The first-order valence-electron chi connectivity index (χ1n) is 19.4. The van der Waals surface area contributed by atoms with E-state index in [9.17, 15) is 26.3 Å². The highest BCUT2D eigenvalue weighted by atomic mass is 19.4. The minimum Gasteiger partial charge on any atom is -0.294 e. The topological polar surface area (TPSA) is 100 Å². The number of para-hydroxylation sites is 2. The van der Waals surface area contributed by atoms with Crippen molar-refractivity contribution >= 4 is 43.6 Å². The van der Waals surface area contributed by atoms with Gasteiger partial charge in [0.05, 0.1) is 33.2 Å². The van der Waals surface area contributed by atoms with Gasteiger partial charge in [-0.3, -0.25) is 9.13 Å². The van der Waals surface area contributed by atoms with E-state index in [0.717, 1.165) is 33.7 Å². The standard InChI is InChI=1S/C47H31F6N9/c1-24-54-25(2)57-44(56-24)28-13-15-36-34-9-5-7-11-38(34)61(40(36)19-28)42-21-31(30-17-32(46(48,49)50)23-33(18-30)47(51,52)53)22-43(60-42)62-39-12-8-6-10-35(39)37-16-14-29(20-41(37)62)45-58-26(3)55-27(4)59-45/h5-23H,1-4H3. The largest absolute Gasteiger partial charge is 0.416 e. The maximum atomic E-state index is 14.4. The van der Waals surface area contributed by atoms with E-state index in [0.29, 0.717) is 68.1 Å². The SMILES string of the molecule is Cc1nc(C)nc(-c2ccc3c4ccccc4n(-c4cc(-c5cc(C(F)(F)F)cc(C(F)(F)F)c5)cc(-n5c6ccccc6c6ccc(-c7nc(C)nc(C)n7)cc65)n4)c3c2)n1. The van der Waals surface area contributed by atoms with Crippen LogP contribution in [0.2, 0.25) is 0 Å². The van der Waals surface area contributed by atoms with Gasteiger partial charge in [0, 0.05) is 32.7 Å². The molecule has 9 nitrogen and oxygen atoms in total. The van der Waals surface area contributed by atoms with Crippen molar-refractivity contribution in [2.24, 2.45) is 0 Å². The molecule has 306 valence electrons. The van der Waals surface area contributed by atoms with E-state index < -0.39 is 23.5 Å². The molecule has 0 N–H and O–H groups in total. The van der Waals surface area contributed by atoms with Crippen molar-refractivity contribution in [2.75, 3.05) is 0 Å². The smallest absolute Gasteiger partial charge is 0.294 e. The molecule has 0 saturated heterocycles. The number of fused-ring (bicyclic) bond motifs is 6. The Kier molecular flexibility index (Phi) is 8.73. The van der Waals surface area contributed by atoms with Crippen molar-refractivity contribution in [1.29, 1.82) is 0 Å². The Bertz CT molecular complexity index is 3200. The molecule has 0 spiro atoms. The average molecular weight is 836 g/mol. The number of rotatable bonds is 5. The van der Waals surface area contributed by atoms with Crippen LogP contribution in [0.3, 0.4) is 0 Å². The van der Waals surface area contributed by atoms with E-state index in [2.05, 4.69) is 29.9 Å². The number of alkyl halides is 6. The second kappa shape index (κ2) is 14.0. The minimum atomic E-state index is -5.07. The highest BCUT2D eigenvalue weighted by molar-refractivity contribution is 6.11. The number of aryl methyl sites for hydroxylation is 4. The molecule has 0 aliphatic heterocycles. The summed E-state index contributed by atoms with van der Waals surface area (Å²) in [5.74, 6) is 3.46. The fourth-order valence-electron chi connectivity index (χ4n) is 8.22. The Morgan fingerprint density at radius 3 is 1.13 bits per heavy atom. The van der Waals surface area contributed by atoms with E-state index in [4.69, 9.17) is 4.98 Å². The number of hydrogen-bond donors (Lipinski definition) is 0. The van der Waals surface area contributed by atoms with Gasteiger partial charge in [0.15, 0.2) is 11.6 Å². The molecule has 0 atom stereocenters. The minimum absolute atomic E-state index is 0.0678. The molecule has 0 aliphatic carbocycles. The zero-order valence-electron chi connectivity index (χ0n) is 33.3. The average Bonchev–Trinajstić information content (AvgIpc) is 3.74. The van der Waals surface area contributed by atoms with Crippen LogP contribution in [-0.2, 0) is 12.4 Å². The van der Waals surface area contributed by atoms with Gasteiger partial charge in [0.25, 0.3) is 0 Å². The summed E-state index contributed by atoms with van der Waals surface area (Å²) in [6.07, 6.45) is -10.1. The fourth-order valence-corrected chi connectivity index (χ4v) is 8.22. The number of halogens is 6. The van der Waals surface area contributed by atoms with Gasteiger partial charge in [-0.25, -0.2) is 34.9 Å². The summed E-state index contributed by atoms with van der Waals surface area (Å²) in [6.45, 7) is 7.08. The van der Waals surface area contributed by atoms with E-state index in [1.165, 1.54) is 12.1 Å². The van der Waals surface area contributed by atoms with Crippen LogP contribution >= 0.6 is 0 Å². The van der Waals surface area contributed by atoms with Crippen molar-refractivity contribution in [3.05, 3.63) is 150 Å². The summed E-state index contributed by atoms with van der Waals surface area (Å²) in [4.78, 5) is 32.2. The van der Waals surface area contributed by atoms with Gasteiger partial charge in [0.1, 0.15) is 34.9 Å². The molecule has 62 heavy (non-hydrogen) atoms. The molecule has 5 heterocycles. The lowest BCUT2D eigenvalue weighted by molar-refractivity contribution is -0.143. The van der Waals surface area contributed by atoms with Crippen molar-refractivity contribution in [1.82, 2.24) is 44.0 Å². The number of benzene rings is 5. The molecule has 0 unspecified atom stereocenters. The third-order valence-electron chi connectivity index (χ3n) is 10.8. The lowest BCUT2D eigenvalue weighted by Crippen LogP contribution is -2.11. The monoisotopic (exact) mass is 835 g/mol. The Morgan fingerprint density at radius 2 is 0.726 bits per heavy atom. The van der Waals surface area contributed by atoms with Crippen LogP contribution in [0.5, 0.6) is 0 Å². The van der Waals surface area contributed by atoms with Crippen molar-refractivity contribution in [3.8, 4) is 45.5 Å². The first kappa shape index (κ1) is 38.6. The summed E-state index contributed by atoms with van der Waals surface area (Å²) in [5, 5.41) is 3.33. The third-order valence-corrected chi connectivity index (χ3v) is 10.8. The quantitative estimate of drug-likeness (QED) is 0.159. The van der Waals surface area contributed by atoms with Crippen molar-refractivity contribution < 1.29 is 26.3 Å². The van der Waals surface area contributed by atoms with E-state index in [1.807, 2.05) is 94.1 Å². The predicted molar refractivity (Wildman–Crippen MR) is 225 cm³/mol. The number of nitrogens with zero attached hydrogens (tertiary/aromatic N) is 9. The lowest BCUT2D eigenvalue weighted by Gasteiger charge is -2.17. The molecule has 10 rings (SSSR count). The van der Waals surface area contributed by atoms with Crippen LogP contribution in [0, 0.1) is 27.7 Å². The van der Waals surface area contributed by atoms with Crippen LogP contribution in [0.1, 0.15) is 34.4 Å². The van der Waals surface area contributed by atoms with E-state index in [-0.39, 0.29) is 28.8 Å². The van der Waals surface area contributed by atoms with Gasteiger partial charge in [-0.15, -0.1) is 0 Å². The highest BCUT2D eigenvalue weighted by Gasteiger charge is 2.37. The summed E-state index contributed by atoms with van der Waals surface area (Å²) in [6, 6.07) is 31.2.